The van der Waals surface area contributed by atoms with Crippen molar-refractivity contribution in [1.82, 2.24) is 10.6 Å². The molecule has 0 aromatic rings. The second-order valence-corrected chi connectivity index (χ2v) is 3.58. The molecule has 10 heavy (non-hydrogen) atoms. The maximum Gasteiger partial charge on any atom is 0.0218 e. The van der Waals surface area contributed by atoms with Gasteiger partial charge in [0.25, 0.3) is 0 Å². The third-order valence-electron chi connectivity index (χ3n) is 2.12. The van der Waals surface area contributed by atoms with E-state index in [0.29, 0.717) is 12.1 Å². The molecule has 1 aliphatic heterocycles. The summed E-state index contributed by atoms with van der Waals surface area (Å²) in [7, 11) is 0. The van der Waals surface area contributed by atoms with Gasteiger partial charge in [0.15, 0.2) is 0 Å². The fraction of sp³-hybridized carbons (Fsp3) is 1.00. The van der Waals surface area contributed by atoms with Crippen molar-refractivity contribution in [2.24, 2.45) is 5.92 Å². The quantitative estimate of drug-likeness (QED) is 0.560. The second-order valence-electron chi connectivity index (χ2n) is 3.58. The summed E-state index contributed by atoms with van der Waals surface area (Å²) in [4.78, 5) is 0. The Labute approximate surface area is 63.4 Å². The van der Waals surface area contributed by atoms with Gasteiger partial charge in [-0.15, -0.1) is 0 Å². The van der Waals surface area contributed by atoms with Crippen LogP contribution in [-0.2, 0) is 0 Å². The largest absolute Gasteiger partial charge is 0.314 e. The van der Waals surface area contributed by atoms with E-state index >= 15 is 0 Å². The molecule has 1 aliphatic rings. The SMILES string of the molecule is CC(C)[C@H]1CNC[C@@H](C)N1. The van der Waals surface area contributed by atoms with Crippen LogP contribution in [0.1, 0.15) is 20.8 Å². The van der Waals surface area contributed by atoms with Crippen LogP contribution in [0.4, 0.5) is 0 Å². The first-order valence-electron chi connectivity index (χ1n) is 4.17. The fourth-order valence-corrected chi connectivity index (χ4v) is 1.37. The van der Waals surface area contributed by atoms with E-state index < -0.39 is 0 Å². The normalized spacial score (nSPS) is 34.8. The molecule has 0 spiro atoms. The Morgan fingerprint density at radius 1 is 1.30 bits per heavy atom. The van der Waals surface area contributed by atoms with E-state index in [4.69, 9.17) is 0 Å². The lowest BCUT2D eigenvalue weighted by Crippen LogP contribution is -2.55. The van der Waals surface area contributed by atoms with Crippen LogP contribution in [-0.4, -0.2) is 25.2 Å². The van der Waals surface area contributed by atoms with Crippen molar-refractivity contribution in [1.29, 1.82) is 0 Å². The van der Waals surface area contributed by atoms with Crippen LogP contribution < -0.4 is 10.6 Å². The van der Waals surface area contributed by atoms with Crippen LogP contribution in [0.25, 0.3) is 0 Å². The van der Waals surface area contributed by atoms with E-state index in [0.717, 1.165) is 19.0 Å². The zero-order valence-corrected chi connectivity index (χ0v) is 7.15. The van der Waals surface area contributed by atoms with Crippen LogP contribution in [0.15, 0.2) is 0 Å². The van der Waals surface area contributed by atoms with Gasteiger partial charge in [-0.05, 0) is 12.8 Å². The third-order valence-corrected chi connectivity index (χ3v) is 2.12. The first-order valence-corrected chi connectivity index (χ1v) is 4.17. The molecule has 2 nitrogen and oxygen atoms in total. The monoisotopic (exact) mass is 142 g/mol. The van der Waals surface area contributed by atoms with Crippen LogP contribution in [0.3, 0.4) is 0 Å². The van der Waals surface area contributed by atoms with Gasteiger partial charge in [-0.3, -0.25) is 0 Å². The van der Waals surface area contributed by atoms with Crippen molar-refractivity contribution >= 4 is 0 Å². The highest BCUT2D eigenvalue weighted by molar-refractivity contribution is 4.82. The molecule has 0 aromatic heterocycles. The minimum atomic E-state index is 0.640. The van der Waals surface area contributed by atoms with Gasteiger partial charge in [0.1, 0.15) is 0 Å². The zero-order chi connectivity index (χ0) is 7.56. The summed E-state index contributed by atoms with van der Waals surface area (Å²) in [5.41, 5.74) is 0. The van der Waals surface area contributed by atoms with Gasteiger partial charge in [0.05, 0.1) is 0 Å². The molecule has 0 bridgehead atoms. The maximum atomic E-state index is 3.55. The molecule has 1 fully saturated rings. The Bertz CT molecular complexity index is 101. The Kier molecular flexibility index (Phi) is 2.69. The van der Waals surface area contributed by atoms with Crippen LogP contribution in [0.2, 0.25) is 0 Å². The molecule has 0 aromatic carbocycles. The molecule has 1 rings (SSSR count). The van der Waals surface area contributed by atoms with Gasteiger partial charge in [0.2, 0.25) is 0 Å². The Morgan fingerprint density at radius 3 is 2.40 bits per heavy atom. The molecule has 60 valence electrons. The topological polar surface area (TPSA) is 24.1 Å². The molecule has 0 unspecified atom stereocenters. The standard InChI is InChI=1S/C8H18N2/c1-6(2)8-5-9-4-7(3)10-8/h6-10H,4-5H2,1-3H3/t7-,8-/m1/s1. The lowest BCUT2D eigenvalue weighted by atomic mass is 10.0. The summed E-state index contributed by atoms with van der Waals surface area (Å²) < 4.78 is 0. The number of nitrogens with one attached hydrogen (secondary N) is 2. The van der Waals surface area contributed by atoms with Crippen LogP contribution in [0, 0.1) is 5.92 Å². The predicted molar refractivity (Wildman–Crippen MR) is 44.1 cm³/mol. The van der Waals surface area contributed by atoms with Gasteiger partial charge >= 0.3 is 0 Å². The molecule has 0 aliphatic carbocycles. The summed E-state index contributed by atoms with van der Waals surface area (Å²) >= 11 is 0. The molecular weight excluding hydrogens is 124 g/mol. The molecule has 1 saturated heterocycles. The van der Waals surface area contributed by atoms with Gasteiger partial charge in [-0.1, -0.05) is 13.8 Å². The van der Waals surface area contributed by atoms with E-state index in [-0.39, 0.29) is 0 Å². The van der Waals surface area contributed by atoms with Gasteiger partial charge < -0.3 is 10.6 Å². The molecule has 2 N–H and O–H groups in total. The van der Waals surface area contributed by atoms with E-state index in [9.17, 15) is 0 Å². The number of piperazine rings is 1. The Morgan fingerprint density at radius 2 is 2.00 bits per heavy atom. The van der Waals surface area contributed by atoms with Crippen molar-refractivity contribution in [3.63, 3.8) is 0 Å². The van der Waals surface area contributed by atoms with Crippen molar-refractivity contribution in [3.8, 4) is 0 Å². The lowest BCUT2D eigenvalue weighted by molar-refractivity contribution is 0.296. The highest BCUT2D eigenvalue weighted by Gasteiger charge is 2.19. The number of rotatable bonds is 1. The molecule has 1 heterocycles. The Hall–Kier alpha value is -0.0800. The van der Waals surface area contributed by atoms with E-state index in [2.05, 4.69) is 31.4 Å². The molecule has 2 atom stereocenters. The van der Waals surface area contributed by atoms with Crippen molar-refractivity contribution in [2.75, 3.05) is 13.1 Å². The average Bonchev–Trinajstić information content (AvgIpc) is 1.88. The summed E-state index contributed by atoms with van der Waals surface area (Å²) in [6.07, 6.45) is 0. The summed E-state index contributed by atoms with van der Waals surface area (Å²) in [6, 6.07) is 1.31. The highest BCUT2D eigenvalue weighted by atomic mass is 15.1. The molecule has 0 saturated carbocycles. The van der Waals surface area contributed by atoms with Crippen LogP contribution in [0.5, 0.6) is 0 Å². The van der Waals surface area contributed by atoms with E-state index in [1.54, 1.807) is 0 Å². The molecular formula is C8H18N2. The lowest BCUT2D eigenvalue weighted by Gasteiger charge is -2.32. The Balaban J connectivity index is 2.32. The van der Waals surface area contributed by atoms with Crippen LogP contribution >= 0.6 is 0 Å². The van der Waals surface area contributed by atoms with E-state index in [1.807, 2.05) is 0 Å². The number of hydrogen-bond acceptors (Lipinski definition) is 2. The van der Waals surface area contributed by atoms with Gasteiger partial charge in [0, 0.05) is 25.2 Å². The smallest absolute Gasteiger partial charge is 0.0218 e. The first kappa shape index (κ1) is 8.02. The maximum absolute atomic E-state index is 3.55. The fourth-order valence-electron chi connectivity index (χ4n) is 1.37. The second kappa shape index (κ2) is 3.35. The van der Waals surface area contributed by atoms with Gasteiger partial charge in [-0.2, -0.15) is 0 Å². The molecule has 0 radical (unpaired) electrons. The minimum Gasteiger partial charge on any atom is -0.314 e. The highest BCUT2D eigenvalue weighted by Crippen LogP contribution is 2.04. The zero-order valence-electron chi connectivity index (χ0n) is 7.15. The minimum absolute atomic E-state index is 0.640. The predicted octanol–water partition coefficient (Wildman–Crippen LogP) is 0.592. The van der Waals surface area contributed by atoms with Crippen molar-refractivity contribution < 1.29 is 0 Å². The van der Waals surface area contributed by atoms with E-state index in [1.165, 1.54) is 0 Å². The summed E-state index contributed by atoms with van der Waals surface area (Å²) in [6.45, 7) is 8.99. The third kappa shape index (κ3) is 1.96. The average molecular weight is 142 g/mol. The summed E-state index contributed by atoms with van der Waals surface area (Å²) in [5, 5.41) is 6.96. The molecule has 2 heteroatoms. The number of hydrogen-bond donors (Lipinski definition) is 2. The van der Waals surface area contributed by atoms with Crippen molar-refractivity contribution in [2.45, 2.75) is 32.9 Å². The van der Waals surface area contributed by atoms with Gasteiger partial charge in [-0.25, -0.2) is 0 Å². The molecule has 0 amide bonds. The van der Waals surface area contributed by atoms with Crippen molar-refractivity contribution in [3.05, 3.63) is 0 Å². The summed E-state index contributed by atoms with van der Waals surface area (Å²) in [5.74, 6) is 0.746. The first-order chi connectivity index (χ1) is 4.70.